The van der Waals surface area contributed by atoms with Crippen LogP contribution in [-0.2, 0) is 38.0 Å². The van der Waals surface area contributed by atoms with Crippen molar-refractivity contribution in [2.45, 2.75) is 272 Å². The van der Waals surface area contributed by atoms with Gasteiger partial charge in [0.25, 0.3) is 0 Å². The Hall–Kier alpha value is 0.0700. The Bertz CT molecular complexity index is 1160. The highest BCUT2D eigenvalue weighted by Gasteiger charge is 2.44. The van der Waals surface area contributed by atoms with E-state index in [1.165, 1.54) is 204 Å². The Kier molecular flexibility index (Phi) is 36.5. The number of hydrogen-bond acceptors (Lipinski definition) is 7. The molecule has 0 bridgehead atoms. The van der Waals surface area contributed by atoms with Gasteiger partial charge >= 0.3 is 17.2 Å². The second-order valence-electron chi connectivity index (χ2n) is 21.6. The lowest BCUT2D eigenvalue weighted by atomic mass is 9.80. The third kappa shape index (κ3) is 31.1. The van der Waals surface area contributed by atoms with Gasteiger partial charge in [-0.15, -0.1) is 0 Å². The van der Waals surface area contributed by atoms with Gasteiger partial charge in [-0.05, 0) is 35.3 Å². The van der Waals surface area contributed by atoms with Crippen molar-refractivity contribution in [1.29, 1.82) is 0 Å². The van der Waals surface area contributed by atoms with E-state index in [0.29, 0.717) is 26.4 Å². The third-order valence-corrected chi connectivity index (χ3v) is 15.5. The van der Waals surface area contributed by atoms with E-state index in [-0.39, 0.29) is 16.2 Å². The molecule has 0 N–H and O–H groups in total. The molecular weight excluding hydrogens is 866 g/mol. The van der Waals surface area contributed by atoms with E-state index in [4.69, 9.17) is 31.7 Å². The van der Waals surface area contributed by atoms with Crippen LogP contribution in [0.4, 0.5) is 0 Å². The van der Waals surface area contributed by atoms with Crippen LogP contribution in [0.5, 0.6) is 5.75 Å². The summed E-state index contributed by atoms with van der Waals surface area (Å²) in [4.78, 5) is 0. The van der Waals surface area contributed by atoms with Crippen molar-refractivity contribution in [2.75, 3.05) is 39.6 Å². The van der Waals surface area contributed by atoms with Crippen LogP contribution >= 0.6 is 26.7 Å². The highest BCUT2D eigenvalue weighted by atomic mass is 31.2. The summed E-state index contributed by atoms with van der Waals surface area (Å²) in [5, 5.41) is 0. The molecule has 382 valence electrons. The fraction of sp³-hybridized carbons (Fsp3) is 0.891. The molecule has 1 atom stereocenters. The molecule has 0 amide bonds. The fourth-order valence-corrected chi connectivity index (χ4v) is 11.2. The maximum Gasteiger partial charge on any atom is 0.332 e. The zero-order valence-corrected chi connectivity index (χ0v) is 46.9. The minimum atomic E-state index is -1.24. The van der Waals surface area contributed by atoms with E-state index in [9.17, 15) is 0 Å². The van der Waals surface area contributed by atoms with E-state index in [0.717, 1.165) is 31.8 Å². The van der Waals surface area contributed by atoms with Crippen LogP contribution in [-0.4, -0.2) is 39.6 Å². The van der Waals surface area contributed by atoms with E-state index in [1.54, 1.807) is 0 Å². The molecule has 0 saturated carbocycles. The lowest BCUT2D eigenvalue weighted by molar-refractivity contribution is -0.0761. The second-order valence-corrected chi connectivity index (χ2v) is 24.3. The zero-order valence-electron chi connectivity index (χ0n) is 43.9. The van der Waals surface area contributed by atoms with Crippen molar-refractivity contribution in [3.8, 4) is 5.75 Å². The molecule has 2 saturated heterocycles. The first-order valence-corrected chi connectivity index (χ1v) is 30.0. The molecule has 3 rings (SSSR count). The van der Waals surface area contributed by atoms with Crippen LogP contribution in [0.3, 0.4) is 0 Å². The fourth-order valence-electron chi connectivity index (χ4n) is 8.50. The summed E-state index contributed by atoms with van der Waals surface area (Å²) in [6, 6.07) is 6.47. The zero-order chi connectivity index (χ0) is 47.3. The predicted molar refractivity (Wildman–Crippen MR) is 285 cm³/mol. The summed E-state index contributed by atoms with van der Waals surface area (Å²) in [5.74, 6) is 0.950. The number of rotatable bonds is 37. The monoisotopic (exact) mass is 971 g/mol. The third-order valence-electron chi connectivity index (χ3n) is 13.1. The van der Waals surface area contributed by atoms with Gasteiger partial charge in [0.05, 0.1) is 54.5 Å². The number of hydrogen-bond donors (Lipinski definition) is 0. The average Bonchev–Trinajstić information content (AvgIpc) is 3.29. The summed E-state index contributed by atoms with van der Waals surface area (Å²) >= 11 is 0. The van der Waals surface area contributed by atoms with Crippen molar-refractivity contribution in [1.82, 2.24) is 0 Å². The maximum absolute atomic E-state index is 5.96. The molecule has 7 nitrogen and oxygen atoms in total. The van der Waals surface area contributed by atoms with Gasteiger partial charge in [0, 0.05) is 5.56 Å². The summed E-state index contributed by atoms with van der Waals surface area (Å²) in [7, 11) is -0.150. The molecule has 2 heterocycles. The van der Waals surface area contributed by atoms with Gasteiger partial charge in [-0.2, -0.15) is 0 Å². The SMILES string of the molecule is CC(C)(C)c1ccc(OP)c(C(C)(C)C)c1.CCCCCCCCCCCCCCCCCCOP1OCC2(CO1)COP(OCCCCCCCCCCCCCCCCCC)OC2. The van der Waals surface area contributed by atoms with Crippen LogP contribution in [0.25, 0.3) is 0 Å². The van der Waals surface area contributed by atoms with Crippen molar-refractivity contribution in [3.05, 3.63) is 29.3 Å². The van der Waals surface area contributed by atoms with Gasteiger partial charge in [-0.1, -0.05) is 260 Å². The van der Waals surface area contributed by atoms with Gasteiger partial charge in [-0.3, -0.25) is 0 Å². The minimum absolute atomic E-state index is 0.104. The van der Waals surface area contributed by atoms with E-state index in [1.807, 2.05) is 0 Å². The molecule has 2 fully saturated rings. The van der Waals surface area contributed by atoms with Crippen molar-refractivity contribution in [2.24, 2.45) is 5.41 Å². The molecule has 0 aromatic heterocycles. The van der Waals surface area contributed by atoms with Crippen molar-refractivity contribution < 1.29 is 31.7 Å². The van der Waals surface area contributed by atoms with Crippen LogP contribution in [0.2, 0.25) is 0 Å². The molecule has 2 aliphatic rings. The van der Waals surface area contributed by atoms with E-state index < -0.39 is 17.2 Å². The molecule has 1 aromatic carbocycles. The normalized spacial score (nSPS) is 19.1. The van der Waals surface area contributed by atoms with E-state index >= 15 is 0 Å². The highest BCUT2D eigenvalue weighted by molar-refractivity contribution is 7.42. The highest BCUT2D eigenvalue weighted by Crippen LogP contribution is 2.53. The lowest BCUT2D eigenvalue weighted by Crippen LogP contribution is -2.44. The molecule has 2 aliphatic heterocycles. The Morgan fingerprint density at radius 3 is 1.00 bits per heavy atom. The van der Waals surface area contributed by atoms with Crippen LogP contribution < -0.4 is 4.52 Å². The summed E-state index contributed by atoms with van der Waals surface area (Å²) in [5.41, 5.74) is 2.66. The second kappa shape index (κ2) is 38.8. The van der Waals surface area contributed by atoms with Gasteiger partial charge < -0.3 is 31.7 Å². The topological polar surface area (TPSA) is 64.6 Å². The average molecular weight is 971 g/mol. The van der Waals surface area contributed by atoms with Gasteiger partial charge in [0.2, 0.25) is 0 Å². The van der Waals surface area contributed by atoms with E-state index in [2.05, 4.69) is 83.1 Å². The standard InChI is InChI=1S/C41H82O6P2.C14H23OP/c1-3-5-7-9-11-13-15-17-19-21-23-25-27-29-31-33-35-42-48-44-37-41(38-45-48)39-46-49(47-40-41)43-36-34-32-30-28-26-24-22-20-18-16-14-12-10-8-6-4-2;1-13(2,3)10-7-8-12(15-16)11(9-10)14(4,5)6/h3-40H2,1-2H3;7-9H,16H2,1-6H3. The number of unbranched alkanes of at least 4 members (excludes halogenated alkanes) is 30. The van der Waals surface area contributed by atoms with Crippen molar-refractivity contribution >= 4 is 26.7 Å². The molecule has 1 aromatic rings. The van der Waals surface area contributed by atoms with Crippen molar-refractivity contribution in [3.63, 3.8) is 0 Å². The first kappa shape index (κ1) is 61.2. The van der Waals surface area contributed by atoms with Crippen LogP contribution in [0.15, 0.2) is 18.2 Å². The summed E-state index contributed by atoms with van der Waals surface area (Å²) < 4.78 is 41.0. The Morgan fingerprint density at radius 1 is 0.446 bits per heavy atom. The van der Waals surface area contributed by atoms with Gasteiger partial charge in [0.15, 0.2) is 0 Å². The van der Waals surface area contributed by atoms with Crippen LogP contribution in [0, 0.1) is 5.41 Å². The Labute approximate surface area is 408 Å². The molecule has 65 heavy (non-hydrogen) atoms. The Balaban J connectivity index is 0.000000759. The lowest BCUT2D eigenvalue weighted by Gasteiger charge is -2.41. The molecule has 1 spiro atoms. The summed E-state index contributed by atoms with van der Waals surface area (Å²) in [6.45, 7) is 21.6. The molecule has 0 radical (unpaired) electrons. The molecule has 10 heteroatoms. The molecular formula is C55H105O7P3. The smallest absolute Gasteiger partial charge is 0.332 e. The number of benzene rings is 1. The molecule has 0 aliphatic carbocycles. The van der Waals surface area contributed by atoms with Gasteiger partial charge in [-0.25, -0.2) is 0 Å². The first-order chi connectivity index (χ1) is 31.4. The Morgan fingerprint density at radius 2 is 0.738 bits per heavy atom. The predicted octanol–water partition coefficient (Wildman–Crippen LogP) is 19.5. The minimum Gasteiger partial charge on any atom is -0.480 e. The summed E-state index contributed by atoms with van der Waals surface area (Å²) in [6.07, 6.45) is 44.1. The maximum atomic E-state index is 5.96. The van der Waals surface area contributed by atoms with Crippen LogP contribution in [0.1, 0.15) is 272 Å². The largest absolute Gasteiger partial charge is 0.480 e. The molecule has 1 unspecified atom stereocenters. The quantitative estimate of drug-likeness (QED) is 0.0486. The first-order valence-electron chi connectivity index (χ1n) is 27.3. The van der Waals surface area contributed by atoms with Gasteiger partial charge in [0.1, 0.15) is 5.75 Å².